The van der Waals surface area contributed by atoms with E-state index < -0.39 is 0 Å². The summed E-state index contributed by atoms with van der Waals surface area (Å²) in [4.78, 5) is 2.08. The Hall–Kier alpha value is -2.04. The van der Waals surface area contributed by atoms with Gasteiger partial charge in [-0.2, -0.15) is 10.5 Å². The van der Waals surface area contributed by atoms with Gasteiger partial charge in [-0.05, 0) is 26.0 Å². The molecule has 0 spiro atoms. The summed E-state index contributed by atoms with van der Waals surface area (Å²) < 4.78 is 5.68. The normalized spacial score (nSPS) is 23.2. The Balaban J connectivity index is 2.44. The van der Waals surface area contributed by atoms with Gasteiger partial charge in [-0.1, -0.05) is 6.07 Å². The summed E-state index contributed by atoms with van der Waals surface area (Å²) in [7, 11) is 0. The van der Waals surface area contributed by atoms with Crippen LogP contribution in [-0.2, 0) is 4.74 Å². The van der Waals surface area contributed by atoms with Gasteiger partial charge in [0.05, 0.1) is 29.0 Å². The molecule has 0 amide bonds. The van der Waals surface area contributed by atoms with Crippen molar-refractivity contribution in [3.63, 3.8) is 0 Å². The van der Waals surface area contributed by atoms with Crippen LogP contribution < -0.4 is 4.90 Å². The van der Waals surface area contributed by atoms with Gasteiger partial charge in [0.15, 0.2) is 0 Å². The van der Waals surface area contributed by atoms with Crippen LogP contribution in [-0.4, -0.2) is 25.3 Å². The van der Waals surface area contributed by atoms with Crippen molar-refractivity contribution < 1.29 is 4.74 Å². The minimum atomic E-state index is 0.104. The summed E-state index contributed by atoms with van der Waals surface area (Å²) in [5, 5.41) is 18.4. The molecule has 1 heterocycles. The van der Waals surface area contributed by atoms with Crippen LogP contribution >= 0.6 is 0 Å². The molecule has 1 aromatic carbocycles. The molecule has 2 rings (SSSR count). The molecule has 0 aliphatic carbocycles. The lowest BCUT2D eigenvalue weighted by molar-refractivity contribution is -0.00524. The molecule has 1 aliphatic heterocycles. The van der Waals surface area contributed by atoms with E-state index in [9.17, 15) is 10.5 Å². The lowest BCUT2D eigenvalue weighted by Crippen LogP contribution is -2.46. The third-order valence-electron chi connectivity index (χ3n) is 3.01. The van der Waals surface area contributed by atoms with Gasteiger partial charge in [-0.25, -0.2) is 0 Å². The second-order valence-corrected chi connectivity index (χ2v) is 4.59. The Morgan fingerprint density at radius 2 is 1.61 bits per heavy atom. The zero-order valence-corrected chi connectivity index (χ0v) is 10.6. The third-order valence-corrected chi connectivity index (χ3v) is 3.01. The van der Waals surface area contributed by atoms with Gasteiger partial charge in [-0.15, -0.1) is 0 Å². The van der Waals surface area contributed by atoms with Gasteiger partial charge in [0.2, 0.25) is 0 Å². The average molecular weight is 241 g/mol. The van der Waals surface area contributed by atoms with E-state index in [0.717, 1.165) is 5.69 Å². The molecule has 1 aromatic rings. The number of hydrogen-bond acceptors (Lipinski definition) is 4. The van der Waals surface area contributed by atoms with Crippen molar-refractivity contribution in [1.29, 1.82) is 10.5 Å². The highest BCUT2D eigenvalue weighted by atomic mass is 16.5. The molecule has 18 heavy (non-hydrogen) atoms. The van der Waals surface area contributed by atoms with Crippen LogP contribution in [0.3, 0.4) is 0 Å². The van der Waals surface area contributed by atoms with Crippen LogP contribution in [0.1, 0.15) is 25.0 Å². The number of ether oxygens (including phenoxy) is 1. The second-order valence-electron chi connectivity index (χ2n) is 4.59. The van der Waals surface area contributed by atoms with Gasteiger partial charge in [-0.3, -0.25) is 0 Å². The molecule has 2 atom stereocenters. The fraction of sp³-hybridized carbons (Fsp3) is 0.429. The van der Waals surface area contributed by atoms with E-state index in [1.165, 1.54) is 0 Å². The maximum absolute atomic E-state index is 9.18. The summed E-state index contributed by atoms with van der Waals surface area (Å²) in [5.74, 6) is 0. The van der Waals surface area contributed by atoms with E-state index in [4.69, 9.17) is 4.74 Å². The highest BCUT2D eigenvalue weighted by Gasteiger charge is 2.25. The monoisotopic (exact) mass is 241 g/mol. The molecular formula is C14H15N3O. The largest absolute Gasteiger partial charge is 0.372 e. The Bertz CT molecular complexity index is 485. The minimum Gasteiger partial charge on any atom is -0.372 e. The van der Waals surface area contributed by atoms with Crippen LogP contribution in [0.2, 0.25) is 0 Å². The van der Waals surface area contributed by atoms with Gasteiger partial charge in [0.25, 0.3) is 0 Å². The molecule has 0 radical (unpaired) electrons. The van der Waals surface area contributed by atoms with Crippen LogP contribution in [0.4, 0.5) is 5.69 Å². The summed E-state index contributed by atoms with van der Waals surface area (Å²) in [5.41, 5.74) is 1.84. The molecule has 4 nitrogen and oxygen atoms in total. The topological polar surface area (TPSA) is 60.0 Å². The van der Waals surface area contributed by atoms with E-state index in [-0.39, 0.29) is 12.2 Å². The number of nitrogens with zero attached hydrogens (tertiary/aromatic N) is 3. The minimum absolute atomic E-state index is 0.104. The summed E-state index contributed by atoms with van der Waals surface area (Å²) in [6, 6.07) is 9.57. The molecule has 1 saturated heterocycles. The Morgan fingerprint density at radius 3 is 2.06 bits per heavy atom. The highest BCUT2D eigenvalue weighted by molar-refractivity contribution is 5.68. The lowest BCUT2D eigenvalue weighted by Gasteiger charge is -2.37. The quantitative estimate of drug-likeness (QED) is 0.755. The van der Waals surface area contributed by atoms with Crippen molar-refractivity contribution in [2.75, 3.05) is 18.0 Å². The van der Waals surface area contributed by atoms with Crippen LogP contribution in [0, 0.1) is 22.7 Å². The number of para-hydroxylation sites is 1. The highest BCUT2D eigenvalue weighted by Crippen LogP contribution is 2.27. The van der Waals surface area contributed by atoms with E-state index in [2.05, 4.69) is 17.0 Å². The molecule has 1 fully saturated rings. The SMILES string of the molecule is CC1CN(c2c(C#N)cccc2C#N)CC(C)O1. The number of rotatable bonds is 1. The molecular weight excluding hydrogens is 226 g/mol. The van der Waals surface area contributed by atoms with Crippen molar-refractivity contribution in [3.05, 3.63) is 29.3 Å². The first kappa shape index (κ1) is 12.4. The van der Waals surface area contributed by atoms with Gasteiger partial charge in [0, 0.05) is 13.1 Å². The first-order valence-corrected chi connectivity index (χ1v) is 5.99. The summed E-state index contributed by atoms with van der Waals surface area (Å²) in [6.07, 6.45) is 0.207. The van der Waals surface area contributed by atoms with Crippen molar-refractivity contribution in [2.24, 2.45) is 0 Å². The van der Waals surface area contributed by atoms with Crippen LogP contribution in [0.15, 0.2) is 18.2 Å². The fourth-order valence-corrected chi connectivity index (χ4v) is 2.43. The molecule has 2 unspecified atom stereocenters. The van der Waals surface area contributed by atoms with E-state index in [0.29, 0.717) is 24.2 Å². The zero-order valence-electron chi connectivity index (χ0n) is 10.6. The average Bonchev–Trinajstić information content (AvgIpc) is 2.36. The molecule has 0 aromatic heterocycles. The maximum Gasteiger partial charge on any atom is 0.101 e. The van der Waals surface area contributed by atoms with Crippen LogP contribution in [0.5, 0.6) is 0 Å². The van der Waals surface area contributed by atoms with E-state index >= 15 is 0 Å². The van der Waals surface area contributed by atoms with Crippen molar-refractivity contribution in [3.8, 4) is 12.1 Å². The lowest BCUT2D eigenvalue weighted by atomic mass is 10.1. The molecule has 4 heteroatoms. The van der Waals surface area contributed by atoms with Gasteiger partial charge >= 0.3 is 0 Å². The Morgan fingerprint density at radius 1 is 1.11 bits per heavy atom. The predicted molar refractivity (Wildman–Crippen MR) is 68.1 cm³/mol. The third kappa shape index (κ3) is 2.30. The van der Waals surface area contributed by atoms with Crippen LogP contribution in [0.25, 0.3) is 0 Å². The Labute approximate surface area is 107 Å². The van der Waals surface area contributed by atoms with Gasteiger partial charge in [0.1, 0.15) is 12.1 Å². The number of hydrogen-bond donors (Lipinski definition) is 0. The first-order chi connectivity index (χ1) is 8.65. The second kappa shape index (κ2) is 5.08. The molecule has 0 N–H and O–H groups in total. The zero-order chi connectivity index (χ0) is 13.1. The standard InChI is InChI=1S/C14H15N3O/c1-10-8-17(9-11(2)18-10)14-12(6-15)4-3-5-13(14)7-16/h3-5,10-11H,8-9H2,1-2H3. The fourth-order valence-electron chi connectivity index (χ4n) is 2.43. The molecule has 92 valence electrons. The summed E-state index contributed by atoms with van der Waals surface area (Å²) >= 11 is 0. The first-order valence-electron chi connectivity index (χ1n) is 5.99. The maximum atomic E-state index is 9.18. The van der Waals surface area contributed by atoms with E-state index in [1.54, 1.807) is 18.2 Å². The van der Waals surface area contributed by atoms with Crippen molar-refractivity contribution >= 4 is 5.69 Å². The predicted octanol–water partition coefficient (Wildman–Crippen LogP) is 2.04. The molecule has 0 saturated carbocycles. The smallest absolute Gasteiger partial charge is 0.101 e. The number of morpholine rings is 1. The van der Waals surface area contributed by atoms with Gasteiger partial charge < -0.3 is 9.64 Å². The number of anilines is 1. The summed E-state index contributed by atoms with van der Waals surface area (Å²) in [6.45, 7) is 5.42. The Kier molecular flexibility index (Phi) is 3.50. The number of nitriles is 2. The van der Waals surface area contributed by atoms with Crippen molar-refractivity contribution in [2.45, 2.75) is 26.1 Å². The molecule has 1 aliphatic rings. The van der Waals surface area contributed by atoms with E-state index in [1.807, 2.05) is 13.8 Å². The van der Waals surface area contributed by atoms with Crippen molar-refractivity contribution in [1.82, 2.24) is 0 Å². The molecule has 0 bridgehead atoms. The number of benzene rings is 1.